The second-order valence-corrected chi connectivity index (χ2v) is 3.05. The zero-order valence-corrected chi connectivity index (χ0v) is 10.6. The summed E-state index contributed by atoms with van der Waals surface area (Å²) in [7, 11) is 0. The van der Waals surface area contributed by atoms with Crippen LogP contribution >= 0.6 is 0 Å². The van der Waals surface area contributed by atoms with Crippen molar-refractivity contribution in [1.29, 1.82) is 0 Å². The van der Waals surface area contributed by atoms with E-state index in [2.05, 4.69) is 44.2 Å². The first kappa shape index (κ1) is 16.0. The molecule has 0 nitrogen and oxygen atoms in total. The maximum absolute atomic E-state index is 2.18. The van der Waals surface area contributed by atoms with Crippen molar-refractivity contribution in [2.24, 2.45) is 0 Å². The van der Waals surface area contributed by atoms with Gasteiger partial charge >= 0.3 is 26.2 Å². The van der Waals surface area contributed by atoms with Gasteiger partial charge in [-0.3, -0.25) is 0 Å². The van der Waals surface area contributed by atoms with Crippen molar-refractivity contribution in [1.82, 2.24) is 0 Å². The van der Waals surface area contributed by atoms with Gasteiger partial charge in [-0.2, -0.15) is 12.1 Å². The van der Waals surface area contributed by atoms with Crippen molar-refractivity contribution >= 4 is 10.8 Å². The fourth-order valence-electron chi connectivity index (χ4n) is 1.54. The number of hydrogen-bond acceptors (Lipinski definition) is 0. The third kappa shape index (κ3) is 2.54. The minimum atomic E-state index is 0. The van der Waals surface area contributed by atoms with Gasteiger partial charge in [-0.15, -0.1) is 28.5 Å². The molecule has 0 spiro atoms. The molecule has 73 valence electrons. The zero-order chi connectivity index (χ0) is 7.84. The monoisotopic (exact) mass is 271 g/mol. The molecule has 0 aliphatic carbocycles. The summed E-state index contributed by atoms with van der Waals surface area (Å²) in [6.07, 6.45) is 0. The van der Waals surface area contributed by atoms with Crippen molar-refractivity contribution in [2.75, 3.05) is 0 Å². The second-order valence-electron chi connectivity index (χ2n) is 3.05. The van der Waals surface area contributed by atoms with Gasteiger partial charge in [-0.25, -0.2) is 0 Å². The minimum absolute atomic E-state index is 0. The van der Waals surface area contributed by atoms with Crippen LogP contribution in [0.4, 0.5) is 0 Å². The normalized spacial score (nSPS) is 8.43. The van der Waals surface area contributed by atoms with Gasteiger partial charge in [0.2, 0.25) is 0 Å². The minimum Gasteiger partial charge on any atom is -1.00 e. The van der Waals surface area contributed by atoms with E-state index in [0.717, 1.165) is 0 Å². The van der Waals surface area contributed by atoms with Gasteiger partial charge in [0.15, 0.2) is 0 Å². The van der Waals surface area contributed by atoms with Crippen LogP contribution in [0, 0.1) is 13.8 Å². The summed E-state index contributed by atoms with van der Waals surface area (Å²) in [6.45, 7) is 4.31. The summed E-state index contributed by atoms with van der Waals surface area (Å²) in [6, 6.07) is 10.8. The van der Waals surface area contributed by atoms with E-state index in [0.29, 0.717) is 0 Å². The van der Waals surface area contributed by atoms with Crippen molar-refractivity contribution < 1.29 is 35.6 Å². The number of benzene rings is 1. The zero-order valence-electron chi connectivity index (χ0n) is 8.14. The van der Waals surface area contributed by atoms with Crippen LogP contribution < -0.4 is 9.41 Å². The van der Waals surface area contributed by atoms with Gasteiger partial charge in [0.25, 0.3) is 0 Å². The van der Waals surface area contributed by atoms with E-state index in [4.69, 9.17) is 0 Å². The molecule has 3 heteroatoms. The molecule has 0 heterocycles. The molecule has 0 bridgehead atoms. The Balaban J connectivity index is 0. The van der Waals surface area contributed by atoms with Crippen molar-refractivity contribution in [3.63, 3.8) is 0 Å². The smallest absolute Gasteiger partial charge is 1.00 e. The third-order valence-corrected chi connectivity index (χ3v) is 2.25. The Morgan fingerprint density at radius 3 is 2.07 bits per heavy atom. The Kier molecular flexibility index (Phi) is 7.02. The van der Waals surface area contributed by atoms with Crippen LogP contribution in [0.2, 0.25) is 0 Å². The molecule has 0 aromatic heterocycles. The van der Waals surface area contributed by atoms with E-state index in [1.807, 2.05) is 0 Å². The maximum atomic E-state index is 2.18. The first-order chi connectivity index (χ1) is 5.29. The first-order valence-electron chi connectivity index (χ1n) is 3.90. The fourth-order valence-corrected chi connectivity index (χ4v) is 1.54. The Bertz CT molecular complexity index is 357. The number of fused-ring (bicyclic) bond motifs is 1. The molecule has 0 saturated carbocycles. The summed E-state index contributed by atoms with van der Waals surface area (Å²) < 4.78 is 0. The average Bonchev–Trinajstić information content (AvgIpc) is 2.45. The van der Waals surface area contributed by atoms with Gasteiger partial charge in [0.05, 0.1) is 0 Å². The van der Waals surface area contributed by atoms with Crippen molar-refractivity contribution in [2.45, 2.75) is 13.8 Å². The summed E-state index contributed by atoms with van der Waals surface area (Å²) in [5, 5.41) is 2.79. The van der Waals surface area contributed by atoms with Gasteiger partial charge in [-0.05, 0) is 6.92 Å². The van der Waals surface area contributed by atoms with E-state index < -0.39 is 0 Å². The molecule has 0 unspecified atom stereocenters. The summed E-state index contributed by atoms with van der Waals surface area (Å²) in [4.78, 5) is 0. The molecule has 2 rings (SSSR count). The second kappa shape index (κ2) is 6.13. The largest absolute Gasteiger partial charge is 3.00 e. The van der Waals surface area contributed by atoms with Gasteiger partial charge < -0.3 is 9.41 Å². The number of halogens is 2. The number of rotatable bonds is 0. The van der Waals surface area contributed by atoms with Crippen LogP contribution in [0.15, 0.2) is 30.3 Å². The van der Waals surface area contributed by atoms with E-state index in [-0.39, 0.29) is 35.6 Å². The van der Waals surface area contributed by atoms with Crippen LogP contribution in [0.25, 0.3) is 10.8 Å². The van der Waals surface area contributed by atoms with Crippen LogP contribution in [-0.4, -0.2) is 0 Å². The molecular weight excluding hydrogens is 261 g/mol. The maximum Gasteiger partial charge on any atom is 3.00 e. The molecule has 0 atom stereocenters. The van der Waals surface area contributed by atoms with Crippen LogP contribution in [0.1, 0.15) is 11.1 Å². The van der Waals surface area contributed by atoms with Crippen LogP contribution in [0.5, 0.6) is 0 Å². The molecule has 1 radical (unpaired) electrons. The average molecular weight is 272 g/mol. The molecular formula is C11H11F2Zr. The molecule has 0 fully saturated rings. The number of aryl methyl sites for hydroxylation is 2. The third-order valence-electron chi connectivity index (χ3n) is 2.25. The Hall–Kier alpha value is -0.427. The Morgan fingerprint density at radius 1 is 0.929 bits per heavy atom. The Labute approximate surface area is 102 Å². The quantitative estimate of drug-likeness (QED) is 0.454. The first-order valence-corrected chi connectivity index (χ1v) is 3.90. The SMILES string of the molecule is Cc1ccc(C)c2[cH-]ccc12.[F-].[F-].[Zr+3]. The molecule has 0 N–H and O–H groups in total. The fraction of sp³-hybridized carbons (Fsp3) is 0.182. The van der Waals surface area contributed by atoms with Crippen molar-refractivity contribution in [3.05, 3.63) is 41.5 Å². The van der Waals surface area contributed by atoms with Crippen molar-refractivity contribution in [3.8, 4) is 0 Å². The molecule has 2 aromatic rings. The standard InChI is InChI=1S/C11H11.2FH.Zr/c1-8-6-7-9(2)11-5-3-4-10(8)11;;;/h3-7H,1-2H3;2*1H;/q-1;;;+3/p-2. The predicted octanol–water partition coefficient (Wildman–Crippen LogP) is -2.82. The summed E-state index contributed by atoms with van der Waals surface area (Å²) in [5.74, 6) is 0. The predicted molar refractivity (Wildman–Crippen MR) is 49.0 cm³/mol. The van der Waals surface area contributed by atoms with Crippen LogP contribution in [-0.2, 0) is 26.2 Å². The molecule has 2 aromatic carbocycles. The molecule has 0 aliphatic heterocycles. The molecule has 0 aliphatic rings. The van der Waals surface area contributed by atoms with E-state index in [9.17, 15) is 0 Å². The summed E-state index contributed by atoms with van der Waals surface area (Å²) >= 11 is 0. The van der Waals surface area contributed by atoms with Gasteiger partial charge in [0, 0.05) is 0 Å². The molecule has 14 heavy (non-hydrogen) atoms. The summed E-state index contributed by atoms with van der Waals surface area (Å²) in [5.41, 5.74) is 2.74. The topological polar surface area (TPSA) is 0 Å². The number of hydrogen-bond donors (Lipinski definition) is 0. The van der Waals surface area contributed by atoms with E-state index >= 15 is 0 Å². The van der Waals surface area contributed by atoms with E-state index in [1.165, 1.54) is 21.9 Å². The Morgan fingerprint density at radius 2 is 1.50 bits per heavy atom. The van der Waals surface area contributed by atoms with Crippen LogP contribution in [0.3, 0.4) is 0 Å². The van der Waals surface area contributed by atoms with E-state index in [1.54, 1.807) is 0 Å². The molecule has 0 saturated heterocycles. The van der Waals surface area contributed by atoms with Gasteiger partial charge in [-0.1, -0.05) is 18.6 Å². The van der Waals surface area contributed by atoms with Gasteiger partial charge in [0.1, 0.15) is 0 Å². The molecule has 0 amide bonds.